The van der Waals surface area contributed by atoms with E-state index in [4.69, 9.17) is 5.73 Å². The summed E-state index contributed by atoms with van der Waals surface area (Å²) < 4.78 is 0. The fourth-order valence-corrected chi connectivity index (χ4v) is 2.57. The normalized spacial score (nSPS) is 18.1. The first-order valence-corrected chi connectivity index (χ1v) is 6.77. The van der Waals surface area contributed by atoms with Crippen LogP contribution < -0.4 is 10.6 Å². The van der Waals surface area contributed by atoms with Crippen molar-refractivity contribution in [2.24, 2.45) is 5.73 Å². The summed E-state index contributed by atoms with van der Waals surface area (Å²) in [6, 6.07) is 8.76. The zero-order valence-electron chi connectivity index (χ0n) is 11.8. The van der Waals surface area contributed by atoms with Gasteiger partial charge in [-0.15, -0.1) is 0 Å². The molecule has 3 nitrogen and oxygen atoms in total. The molecule has 0 bridgehead atoms. The van der Waals surface area contributed by atoms with E-state index in [1.807, 2.05) is 0 Å². The van der Waals surface area contributed by atoms with Gasteiger partial charge in [0.15, 0.2) is 0 Å². The zero-order chi connectivity index (χ0) is 13.2. The van der Waals surface area contributed by atoms with Crippen LogP contribution in [-0.2, 0) is 0 Å². The van der Waals surface area contributed by atoms with E-state index in [0.29, 0.717) is 0 Å². The molecule has 1 saturated heterocycles. The van der Waals surface area contributed by atoms with E-state index in [-0.39, 0.29) is 5.54 Å². The van der Waals surface area contributed by atoms with Crippen molar-refractivity contribution < 1.29 is 0 Å². The largest absolute Gasteiger partial charge is 0.369 e. The Morgan fingerprint density at radius 3 is 2.39 bits per heavy atom. The molecule has 0 aliphatic carbocycles. The van der Waals surface area contributed by atoms with E-state index >= 15 is 0 Å². The lowest BCUT2D eigenvalue weighted by Gasteiger charge is -2.38. The number of aryl methyl sites for hydroxylation is 1. The maximum Gasteiger partial charge on any atom is 0.0369 e. The second kappa shape index (κ2) is 5.29. The number of piperazine rings is 1. The molecule has 0 atom stereocenters. The monoisotopic (exact) mass is 247 g/mol. The molecule has 1 heterocycles. The van der Waals surface area contributed by atoms with Crippen molar-refractivity contribution in [3.8, 4) is 0 Å². The first-order valence-electron chi connectivity index (χ1n) is 6.77. The minimum atomic E-state index is -0.0918. The first kappa shape index (κ1) is 13.4. The molecule has 0 saturated carbocycles. The van der Waals surface area contributed by atoms with Crippen molar-refractivity contribution in [2.75, 3.05) is 37.6 Å². The Balaban J connectivity index is 1.91. The van der Waals surface area contributed by atoms with E-state index < -0.39 is 0 Å². The van der Waals surface area contributed by atoms with Gasteiger partial charge in [-0.05, 0) is 38.5 Å². The van der Waals surface area contributed by atoms with Gasteiger partial charge in [0, 0.05) is 44.0 Å². The average Bonchev–Trinajstić information content (AvgIpc) is 2.28. The summed E-state index contributed by atoms with van der Waals surface area (Å²) in [6.07, 6.45) is 0. The van der Waals surface area contributed by atoms with E-state index in [1.54, 1.807) is 0 Å². The summed E-state index contributed by atoms with van der Waals surface area (Å²) in [5.41, 5.74) is 8.67. The number of nitrogens with two attached hydrogens (primary N) is 1. The van der Waals surface area contributed by atoms with Crippen LogP contribution in [0.4, 0.5) is 5.69 Å². The molecule has 0 amide bonds. The minimum Gasteiger partial charge on any atom is -0.369 e. The predicted octanol–water partition coefficient (Wildman–Crippen LogP) is 1.85. The summed E-state index contributed by atoms with van der Waals surface area (Å²) in [4.78, 5) is 4.93. The van der Waals surface area contributed by atoms with Crippen LogP contribution in [0.5, 0.6) is 0 Å². The van der Waals surface area contributed by atoms with Gasteiger partial charge in [0.05, 0.1) is 0 Å². The van der Waals surface area contributed by atoms with Gasteiger partial charge in [-0.3, -0.25) is 4.90 Å². The quantitative estimate of drug-likeness (QED) is 0.885. The number of benzene rings is 1. The van der Waals surface area contributed by atoms with Crippen LogP contribution in [0.15, 0.2) is 24.3 Å². The lowest BCUT2D eigenvalue weighted by atomic mass is 10.1. The number of rotatable bonds is 3. The van der Waals surface area contributed by atoms with Gasteiger partial charge in [-0.1, -0.05) is 12.1 Å². The minimum absolute atomic E-state index is 0.0918. The number of hydrogen-bond acceptors (Lipinski definition) is 3. The van der Waals surface area contributed by atoms with Crippen molar-refractivity contribution in [3.05, 3.63) is 29.8 Å². The highest BCUT2D eigenvalue weighted by atomic mass is 15.3. The summed E-state index contributed by atoms with van der Waals surface area (Å²) in [7, 11) is 0. The van der Waals surface area contributed by atoms with Crippen LogP contribution in [0.1, 0.15) is 19.4 Å². The molecule has 1 aromatic rings. The second-order valence-electron chi connectivity index (χ2n) is 6.09. The lowest BCUT2D eigenvalue weighted by Crippen LogP contribution is -2.53. The topological polar surface area (TPSA) is 32.5 Å². The van der Waals surface area contributed by atoms with Crippen molar-refractivity contribution in [1.29, 1.82) is 0 Å². The van der Waals surface area contributed by atoms with E-state index in [9.17, 15) is 0 Å². The Bertz CT molecular complexity index is 387. The van der Waals surface area contributed by atoms with Gasteiger partial charge in [0.1, 0.15) is 0 Å². The summed E-state index contributed by atoms with van der Waals surface area (Å²) in [5.74, 6) is 0. The molecule has 0 radical (unpaired) electrons. The number of anilines is 1. The van der Waals surface area contributed by atoms with Gasteiger partial charge in [0.2, 0.25) is 0 Å². The molecule has 2 N–H and O–H groups in total. The molecular weight excluding hydrogens is 222 g/mol. The molecule has 3 heteroatoms. The summed E-state index contributed by atoms with van der Waals surface area (Å²) >= 11 is 0. The maximum absolute atomic E-state index is 6.08. The van der Waals surface area contributed by atoms with Gasteiger partial charge in [-0.25, -0.2) is 0 Å². The third kappa shape index (κ3) is 3.72. The highest BCUT2D eigenvalue weighted by molar-refractivity contribution is 5.48. The fourth-order valence-electron chi connectivity index (χ4n) is 2.57. The molecule has 1 fully saturated rings. The Morgan fingerprint density at radius 2 is 1.83 bits per heavy atom. The van der Waals surface area contributed by atoms with Crippen molar-refractivity contribution in [3.63, 3.8) is 0 Å². The molecule has 1 aliphatic heterocycles. The van der Waals surface area contributed by atoms with Gasteiger partial charge in [0.25, 0.3) is 0 Å². The van der Waals surface area contributed by atoms with Crippen molar-refractivity contribution >= 4 is 5.69 Å². The highest BCUT2D eigenvalue weighted by Crippen LogP contribution is 2.18. The molecule has 2 rings (SSSR count). The van der Waals surface area contributed by atoms with E-state index in [0.717, 1.165) is 32.7 Å². The Kier molecular flexibility index (Phi) is 3.93. The Morgan fingerprint density at radius 1 is 1.17 bits per heavy atom. The van der Waals surface area contributed by atoms with Gasteiger partial charge < -0.3 is 10.6 Å². The van der Waals surface area contributed by atoms with Gasteiger partial charge in [-0.2, -0.15) is 0 Å². The molecule has 0 spiro atoms. The molecule has 1 aliphatic rings. The third-order valence-electron chi connectivity index (χ3n) is 3.37. The van der Waals surface area contributed by atoms with Gasteiger partial charge >= 0.3 is 0 Å². The first-order chi connectivity index (χ1) is 8.44. The standard InChI is InChI=1S/C15H25N3/c1-13-5-4-6-14(11-13)18-9-7-17(8-10-18)12-15(2,3)16/h4-6,11H,7-10,12,16H2,1-3H3. The van der Waals surface area contributed by atoms with Crippen molar-refractivity contribution in [2.45, 2.75) is 26.3 Å². The van der Waals surface area contributed by atoms with Crippen molar-refractivity contribution in [1.82, 2.24) is 4.90 Å². The van der Waals surface area contributed by atoms with E-state index in [2.05, 4.69) is 54.8 Å². The van der Waals surface area contributed by atoms with Crippen LogP contribution in [0.25, 0.3) is 0 Å². The Hall–Kier alpha value is -1.06. The zero-order valence-corrected chi connectivity index (χ0v) is 11.8. The molecule has 0 unspecified atom stereocenters. The van der Waals surface area contributed by atoms with Crippen LogP contribution in [-0.4, -0.2) is 43.2 Å². The second-order valence-corrected chi connectivity index (χ2v) is 6.09. The SMILES string of the molecule is Cc1cccc(N2CCN(CC(C)(C)N)CC2)c1. The van der Waals surface area contributed by atoms with Crippen LogP contribution >= 0.6 is 0 Å². The third-order valence-corrected chi connectivity index (χ3v) is 3.37. The highest BCUT2D eigenvalue weighted by Gasteiger charge is 2.21. The molecule has 18 heavy (non-hydrogen) atoms. The smallest absolute Gasteiger partial charge is 0.0369 e. The fraction of sp³-hybridized carbons (Fsp3) is 0.600. The van der Waals surface area contributed by atoms with Crippen LogP contribution in [0.3, 0.4) is 0 Å². The summed E-state index contributed by atoms with van der Waals surface area (Å²) in [5, 5.41) is 0. The average molecular weight is 247 g/mol. The van der Waals surface area contributed by atoms with Crippen LogP contribution in [0, 0.1) is 6.92 Å². The lowest BCUT2D eigenvalue weighted by molar-refractivity contribution is 0.214. The van der Waals surface area contributed by atoms with Crippen LogP contribution in [0.2, 0.25) is 0 Å². The maximum atomic E-state index is 6.08. The summed E-state index contributed by atoms with van der Waals surface area (Å²) in [6.45, 7) is 11.7. The molecule has 100 valence electrons. The number of hydrogen-bond donors (Lipinski definition) is 1. The predicted molar refractivity (Wildman–Crippen MR) is 78.1 cm³/mol. The molecule has 0 aromatic heterocycles. The molecule has 1 aromatic carbocycles. The molecular formula is C15H25N3. The Labute approximate surface area is 111 Å². The number of nitrogens with zero attached hydrogens (tertiary/aromatic N) is 2. The van der Waals surface area contributed by atoms with E-state index in [1.165, 1.54) is 11.3 Å².